The molecular weight excluding hydrogens is 234 g/mol. The van der Waals surface area contributed by atoms with E-state index in [4.69, 9.17) is 5.73 Å². The molecule has 1 aliphatic rings. The minimum Gasteiger partial charge on any atom is -0.369 e. The van der Waals surface area contributed by atoms with E-state index >= 15 is 0 Å². The number of aryl methyl sites for hydroxylation is 3. The lowest BCUT2D eigenvalue weighted by atomic mass is 9.81. The zero-order valence-electron chi connectivity index (χ0n) is 12.2. The molecule has 1 atom stereocenters. The summed E-state index contributed by atoms with van der Waals surface area (Å²) in [7, 11) is 0. The Morgan fingerprint density at radius 3 is 2.58 bits per heavy atom. The van der Waals surface area contributed by atoms with E-state index in [1.54, 1.807) is 0 Å². The Kier molecular flexibility index (Phi) is 4.28. The van der Waals surface area contributed by atoms with Gasteiger partial charge < -0.3 is 5.73 Å². The van der Waals surface area contributed by atoms with Gasteiger partial charge in [0, 0.05) is 5.41 Å². The minimum absolute atomic E-state index is 0.147. The van der Waals surface area contributed by atoms with Crippen molar-refractivity contribution in [1.82, 2.24) is 0 Å². The molecule has 1 aromatic rings. The van der Waals surface area contributed by atoms with Crippen LogP contribution in [0.5, 0.6) is 0 Å². The molecule has 0 fully saturated rings. The molecule has 1 unspecified atom stereocenters. The Hall–Kier alpha value is -1.31. The van der Waals surface area contributed by atoms with E-state index in [0.717, 1.165) is 32.1 Å². The van der Waals surface area contributed by atoms with E-state index in [2.05, 4.69) is 25.1 Å². The molecule has 0 bridgehead atoms. The minimum atomic E-state index is -0.331. The van der Waals surface area contributed by atoms with Crippen LogP contribution in [0.3, 0.4) is 0 Å². The summed E-state index contributed by atoms with van der Waals surface area (Å²) in [6, 6.07) is 6.85. The summed E-state index contributed by atoms with van der Waals surface area (Å²) in [5.41, 5.74) is 9.50. The van der Waals surface area contributed by atoms with Gasteiger partial charge >= 0.3 is 0 Å². The van der Waals surface area contributed by atoms with Crippen LogP contribution >= 0.6 is 0 Å². The first-order chi connectivity index (χ1) is 9.05. The Bertz CT molecular complexity index is 466. The van der Waals surface area contributed by atoms with Crippen LogP contribution in [-0.2, 0) is 24.1 Å². The van der Waals surface area contributed by atoms with Crippen molar-refractivity contribution in [3.63, 3.8) is 0 Å². The normalized spacial score (nSPS) is 22.6. The van der Waals surface area contributed by atoms with E-state index in [9.17, 15) is 4.79 Å². The maximum Gasteiger partial charge on any atom is 0.223 e. The predicted octanol–water partition coefficient (Wildman–Crippen LogP) is 3.40. The molecule has 2 nitrogen and oxygen atoms in total. The van der Waals surface area contributed by atoms with Crippen molar-refractivity contribution in [2.24, 2.45) is 11.1 Å². The molecule has 0 saturated heterocycles. The van der Waals surface area contributed by atoms with Gasteiger partial charge in [-0.05, 0) is 55.2 Å². The molecule has 1 aromatic carbocycles. The van der Waals surface area contributed by atoms with Gasteiger partial charge in [0.15, 0.2) is 0 Å². The van der Waals surface area contributed by atoms with Gasteiger partial charge in [0.05, 0.1) is 0 Å². The monoisotopic (exact) mass is 259 g/mol. The zero-order chi connectivity index (χ0) is 13.9. The molecule has 0 aliphatic heterocycles. The fraction of sp³-hybridized carbons (Fsp3) is 0.588. The third kappa shape index (κ3) is 3.17. The number of carbonyl (C=O) groups is 1. The van der Waals surface area contributed by atoms with Crippen LogP contribution in [0.4, 0.5) is 0 Å². The van der Waals surface area contributed by atoms with Gasteiger partial charge in [0.25, 0.3) is 0 Å². The number of hydrogen-bond acceptors (Lipinski definition) is 1. The predicted molar refractivity (Wildman–Crippen MR) is 79.0 cm³/mol. The lowest BCUT2D eigenvalue weighted by Gasteiger charge is -2.23. The van der Waals surface area contributed by atoms with Gasteiger partial charge in [0.1, 0.15) is 0 Å². The van der Waals surface area contributed by atoms with E-state index < -0.39 is 0 Å². The molecule has 2 rings (SSSR count). The van der Waals surface area contributed by atoms with Crippen molar-refractivity contribution in [2.45, 2.75) is 58.8 Å². The largest absolute Gasteiger partial charge is 0.369 e. The molecular formula is C17H25NO. The average Bonchev–Trinajstić information content (AvgIpc) is 2.57. The van der Waals surface area contributed by atoms with Gasteiger partial charge in [-0.15, -0.1) is 0 Å². The number of benzene rings is 1. The van der Waals surface area contributed by atoms with Gasteiger partial charge in [0.2, 0.25) is 5.91 Å². The summed E-state index contributed by atoms with van der Waals surface area (Å²) in [5, 5.41) is 0. The summed E-state index contributed by atoms with van der Waals surface area (Å²) in [6.45, 7) is 4.24. The van der Waals surface area contributed by atoms with Crippen LogP contribution in [0.15, 0.2) is 18.2 Å². The number of nitrogens with two attached hydrogens (primary N) is 1. The highest BCUT2D eigenvalue weighted by atomic mass is 16.1. The molecule has 0 aromatic heterocycles. The van der Waals surface area contributed by atoms with Crippen molar-refractivity contribution < 1.29 is 4.79 Å². The highest BCUT2D eigenvalue weighted by Crippen LogP contribution is 2.34. The second-order valence-electron chi connectivity index (χ2n) is 6.13. The van der Waals surface area contributed by atoms with Crippen LogP contribution in [0.2, 0.25) is 0 Å². The Labute approximate surface area is 116 Å². The summed E-state index contributed by atoms with van der Waals surface area (Å²) in [4.78, 5) is 11.6. The smallest absolute Gasteiger partial charge is 0.223 e. The lowest BCUT2D eigenvalue weighted by molar-refractivity contribution is -0.127. The SMILES string of the molecule is CCCCc1ccc2c(c1)CCC(C)(C(N)=O)CC2. The summed E-state index contributed by atoms with van der Waals surface area (Å²) < 4.78 is 0. The zero-order valence-corrected chi connectivity index (χ0v) is 12.2. The molecule has 0 spiro atoms. The van der Waals surface area contributed by atoms with Crippen molar-refractivity contribution in [3.8, 4) is 0 Å². The second-order valence-corrected chi connectivity index (χ2v) is 6.13. The fourth-order valence-electron chi connectivity index (χ4n) is 2.88. The van der Waals surface area contributed by atoms with Gasteiger partial charge in [-0.25, -0.2) is 0 Å². The Morgan fingerprint density at radius 1 is 1.26 bits per heavy atom. The van der Waals surface area contributed by atoms with E-state index in [0.29, 0.717) is 0 Å². The van der Waals surface area contributed by atoms with Crippen molar-refractivity contribution in [2.75, 3.05) is 0 Å². The molecule has 0 radical (unpaired) electrons. The number of amides is 1. The second kappa shape index (κ2) is 5.77. The first-order valence-corrected chi connectivity index (χ1v) is 7.46. The number of rotatable bonds is 4. The summed E-state index contributed by atoms with van der Waals surface area (Å²) in [5.74, 6) is -0.147. The van der Waals surface area contributed by atoms with Crippen LogP contribution in [-0.4, -0.2) is 5.91 Å². The van der Waals surface area contributed by atoms with E-state index in [1.165, 1.54) is 29.5 Å². The maximum atomic E-state index is 11.6. The van der Waals surface area contributed by atoms with E-state index in [-0.39, 0.29) is 11.3 Å². The first kappa shape index (κ1) is 14.1. The number of primary amides is 1. The van der Waals surface area contributed by atoms with Crippen molar-refractivity contribution in [3.05, 3.63) is 34.9 Å². The number of unbranched alkanes of at least 4 members (excludes halogenated alkanes) is 1. The van der Waals surface area contributed by atoms with Crippen LogP contribution in [0, 0.1) is 5.41 Å². The molecule has 104 valence electrons. The topological polar surface area (TPSA) is 43.1 Å². The number of fused-ring (bicyclic) bond motifs is 1. The fourth-order valence-corrected chi connectivity index (χ4v) is 2.88. The van der Waals surface area contributed by atoms with Gasteiger partial charge in [-0.2, -0.15) is 0 Å². The standard InChI is InChI=1S/C17H25NO/c1-3-4-5-13-6-7-14-8-10-17(2,16(18)19)11-9-15(14)12-13/h6-7,12H,3-5,8-11H2,1-2H3,(H2,18,19). The molecule has 1 aliphatic carbocycles. The van der Waals surface area contributed by atoms with Gasteiger partial charge in [-0.1, -0.05) is 38.5 Å². The third-order valence-corrected chi connectivity index (χ3v) is 4.58. The van der Waals surface area contributed by atoms with Gasteiger partial charge in [-0.3, -0.25) is 4.79 Å². The Morgan fingerprint density at radius 2 is 1.95 bits per heavy atom. The Balaban J connectivity index is 2.16. The average molecular weight is 259 g/mol. The summed E-state index contributed by atoms with van der Waals surface area (Å²) >= 11 is 0. The quantitative estimate of drug-likeness (QED) is 0.827. The van der Waals surface area contributed by atoms with Crippen LogP contribution < -0.4 is 5.73 Å². The molecule has 0 saturated carbocycles. The van der Waals surface area contributed by atoms with Crippen LogP contribution in [0.1, 0.15) is 56.2 Å². The first-order valence-electron chi connectivity index (χ1n) is 7.46. The maximum absolute atomic E-state index is 11.6. The number of carbonyl (C=O) groups excluding carboxylic acids is 1. The van der Waals surface area contributed by atoms with Crippen LogP contribution in [0.25, 0.3) is 0 Å². The summed E-state index contributed by atoms with van der Waals surface area (Å²) in [6.07, 6.45) is 7.36. The van der Waals surface area contributed by atoms with Crippen molar-refractivity contribution in [1.29, 1.82) is 0 Å². The highest BCUT2D eigenvalue weighted by Gasteiger charge is 2.32. The molecule has 2 N–H and O–H groups in total. The van der Waals surface area contributed by atoms with Crippen molar-refractivity contribution >= 4 is 5.91 Å². The molecule has 1 amide bonds. The lowest BCUT2D eigenvalue weighted by Crippen LogP contribution is -2.34. The number of hydrogen-bond donors (Lipinski definition) is 1. The highest BCUT2D eigenvalue weighted by molar-refractivity contribution is 5.80. The third-order valence-electron chi connectivity index (χ3n) is 4.58. The molecule has 2 heteroatoms. The van der Waals surface area contributed by atoms with E-state index in [1.807, 2.05) is 6.92 Å². The molecule has 19 heavy (non-hydrogen) atoms. The molecule has 0 heterocycles.